The zero-order valence-electron chi connectivity index (χ0n) is 17.3. The number of anilines is 3. The maximum Gasteiger partial charge on any atom is 0.417 e. The summed E-state index contributed by atoms with van der Waals surface area (Å²) in [5.41, 5.74) is 1.41. The Labute approximate surface area is 186 Å². The Balaban J connectivity index is 1.37. The van der Waals surface area contributed by atoms with E-state index in [1.807, 2.05) is 19.2 Å². The lowest BCUT2D eigenvalue weighted by molar-refractivity contribution is -0.137. The molecule has 0 spiro atoms. The molecule has 0 fully saturated rings. The largest absolute Gasteiger partial charge is 0.417 e. The van der Waals surface area contributed by atoms with Crippen LogP contribution < -0.4 is 10.6 Å². The summed E-state index contributed by atoms with van der Waals surface area (Å²) in [7, 11) is 1.85. The number of nitrogens with one attached hydrogen (secondary N) is 2. The van der Waals surface area contributed by atoms with Gasteiger partial charge in [-0.25, -0.2) is 15.0 Å². The molecular weight excluding hydrogens is 435 g/mol. The minimum absolute atomic E-state index is 0.000579. The second kappa shape index (κ2) is 9.07. The number of rotatable bonds is 6. The highest BCUT2D eigenvalue weighted by Gasteiger charge is 2.31. The molecule has 4 rings (SSSR count). The summed E-state index contributed by atoms with van der Waals surface area (Å²) in [5.74, 6) is 0.740. The molecule has 0 radical (unpaired) electrons. The summed E-state index contributed by atoms with van der Waals surface area (Å²) in [6.07, 6.45) is 4.02. The first-order valence-corrected chi connectivity index (χ1v) is 9.75. The first-order valence-electron chi connectivity index (χ1n) is 9.75. The van der Waals surface area contributed by atoms with Gasteiger partial charge in [0.1, 0.15) is 5.82 Å². The highest BCUT2D eigenvalue weighted by atomic mass is 19.4. The van der Waals surface area contributed by atoms with E-state index >= 15 is 0 Å². The van der Waals surface area contributed by atoms with Crippen LogP contribution in [0.2, 0.25) is 0 Å². The molecule has 0 saturated carbocycles. The van der Waals surface area contributed by atoms with Crippen LogP contribution in [-0.2, 0) is 24.4 Å². The number of hydrogen-bond acceptors (Lipinski definition) is 6. The molecule has 11 heteroatoms. The van der Waals surface area contributed by atoms with Gasteiger partial charge in [-0.15, -0.1) is 0 Å². The van der Waals surface area contributed by atoms with Crippen LogP contribution in [0.5, 0.6) is 0 Å². The predicted molar refractivity (Wildman–Crippen MR) is 116 cm³/mol. The summed E-state index contributed by atoms with van der Waals surface area (Å²) < 4.78 is 40.2. The Morgan fingerprint density at radius 3 is 2.33 bits per heavy atom. The van der Waals surface area contributed by atoms with Crippen LogP contribution in [0.15, 0.2) is 67.6 Å². The fourth-order valence-electron chi connectivity index (χ4n) is 3.00. The molecule has 1 amide bonds. The Bertz CT molecular complexity index is 1250. The van der Waals surface area contributed by atoms with Crippen molar-refractivity contribution < 1.29 is 18.0 Å². The molecule has 0 saturated heterocycles. The van der Waals surface area contributed by atoms with Gasteiger partial charge in [-0.1, -0.05) is 24.3 Å². The first-order chi connectivity index (χ1) is 15.8. The molecule has 33 heavy (non-hydrogen) atoms. The molecule has 0 aliphatic carbocycles. The Morgan fingerprint density at radius 1 is 0.970 bits per heavy atom. The average Bonchev–Trinajstić information content (AvgIpc) is 3.19. The van der Waals surface area contributed by atoms with Crippen molar-refractivity contribution in [3.05, 3.63) is 78.8 Å². The maximum absolute atomic E-state index is 12.8. The van der Waals surface area contributed by atoms with Gasteiger partial charge in [0.15, 0.2) is 0 Å². The van der Waals surface area contributed by atoms with Crippen LogP contribution in [0.3, 0.4) is 0 Å². The third-order valence-corrected chi connectivity index (χ3v) is 4.71. The highest BCUT2D eigenvalue weighted by Crippen LogP contribution is 2.30. The molecule has 168 valence electrons. The standard InChI is InChI=1S/C22H18F3N7O/c1-32-13-27-12-19(32)31-21-28-8-16(9-29-21)15-4-2-14(3-5-15)6-20(33)30-18-7-17(10-26-11-18)22(23,24)25/h2-5,7-13H,6H2,1H3,(H,30,33)(H,28,29,31). The molecule has 0 aliphatic rings. The lowest BCUT2D eigenvalue weighted by atomic mass is 10.0. The van der Waals surface area contributed by atoms with Crippen molar-refractivity contribution in [2.24, 2.45) is 7.05 Å². The zero-order valence-corrected chi connectivity index (χ0v) is 17.3. The van der Waals surface area contributed by atoms with E-state index in [9.17, 15) is 18.0 Å². The van der Waals surface area contributed by atoms with E-state index in [1.165, 1.54) is 6.20 Å². The van der Waals surface area contributed by atoms with Gasteiger partial charge < -0.3 is 15.2 Å². The van der Waals surface area contributed by atoms with Gasteiger partial charge in [0.05, 0.1) is 36.4 Å². The SMILES string of the molecule is Cn1cncc1Nc1ncc(-c2ccc(CC(=O)Nc3cncc(C(F)(F)F)c3)cc2)cn1. The van der Waals surface area contributed by atoms with Crippen molar-refractivity contribution in [1.29, 1.82) is 0 Å². The van der Waals surface area contributed by atoms with E-state index in [4.69, 9.17) is 0 Å². The van der Waals surface area contributed by atoms with E-state index in [0.29, 0.717) is 17.7 Å². The molecular formula is C22H18F3N7O. The molecule has 8 nitrogen and oxygen atoms in total. The topological polar surface area (TPSA) is 97.6 Å². The van der Waals surface area contributed by atoms with Gasteiger partial charge in [0.25, 0.3) is 0 Å². The summed E-state index contributed by atoms with van der Waals surface area (Å²) in [6.45, 7) is 0. The lowest BCUT2D eigenvalue weighted by Crippen LogP contribution is -2.15. The van der Waals surface area contributed by atoms with E-state index < -0.39 is 17.6 Å². The molecule has 0 unspecified atom stereocenters. The number of imidazole rings is 1. The van der Waals surface area contributed by atoms with Crippen LogP contribution in [0.1, 0.15) is 11.1 Å². The summed E-state index contributed by atoms with van der Waals surface area (Å²) >= 11 is 0. The van der Waals surface area contributed by atoms with Crippen molar-refractivity contribution in [3.63, 3.8) is 0 Å². The quantitative estimate of drug-likeness (QED) is 0.454. The average molecular weight is 453 g/mol. The minimum Gasteiger partial charge on any atom is -0.324 e. The summed E-state index contributed by atoms with van der Waals surface area (Å²) in [4.78, 5) is 28.4. The number of carbonyl (C=O) groups is 1. The molecule has 0 aliphatic heterocycles. The minimum atomic E-state index is -4.53. The van der Waals surface area contributed by atoms with E-state index in [0.717, 1.165) is 23.0 Å². The number of aryl methyl sites for hydroxylation is 1. The van der Waals surface area contributed by atoms with Crippen molar-refractivity contribution in [2.45, 2.75) is 12.6 Å². The van der Waals surface area contributed by atoms with E-state index in [1.54, 1.807) is 41.6 Å². The first kappa shape index (κ1) is 21.9. The Morgan fingerprint density at radius 2 is 1.70 bits per heavy atom. The number of carbonyl (C=O) groups excluding carboxylic acids is 1. The van der Waals surface area contributed by atoms with Gasteiger partial charge in [-0.3, -0.25) is 9.78 Å². The molecule has 4 aromatic rings. The van der Waals surface area contributed by atoms with Gasteiger partial charge in [-0.2, -0.15) is 13.2 Å². The van der Waals surface area contributed by atoms with Crippen molar-refractivity contribution >= 4 is 23.4 Å². The smallest absolute Gasteiger partial charge is 0.324 e. The number of alkyl halides is 3. The molecule has 0 bridgehead atoms. The maximum atomic E-state index is 12.8. The molecule has 3 heterocycles. The molecule has 0 atom stereocenters. The number of benzene rings is 1. The molecule has 1 aromatic carbocycles. The van der Waals surface area contributed by atoms with Crippen molar-refractivity contribution in [3.8, 4) is 11.1 Å². The van der Waals surface area contributed by atoms with E-state index in [2.05, 4.69) is 30.6 Å². The van der Waals surface area contributed by atoms with Crippen LogP contribution >= 0.6 is 0 Å². The Hall–Kier alpha value is -4.28. The van der Waals surface area contributed by atoms with Gasteiger partial charge in [0, 0.05) is 31.2 Å². The zero-order chi connectivity index (χ0) is 23.4. The summed E-state index contributed by atoms with van der Waals surface area (Å²) in [6, 6.07) is 8.02. The van der Waals surface area contributed by atoms with Crippen LogP contribution in [-0.4, -0.2) is 30.4 Å². The van der Waals surface area contributed by atoms with Crippen molar-refractivity contribution in [2.75, 3.05) is 10.6 Å². The summed E-state index contributed by atoms with van der Waals surface area (Å²) in [5, 5.41) is 5.50. The lowest BCUT2D eigenvalue weighted by Gasteiger charge is -2.09. The Kier molecular flexibility index (Phi) is 6.03. The predicted octanol–water partition coefficient (Wildman–Crippen LogP) is 4.22. The monoisotopic (exact) mass is 453 g/mol. The number of pyridine rings is 1. The normalized spacial score (nSPS) is 11.3. The van der Waals surface area contributed by atoms with Crippen LogP contribution in [0.25, 0.3) is 11.1 Å². The van der Waals surface area contributed by atoms with Crippen LogP contribution in [0.4, 0.5) is 30.6 Å². The number of halogens is 3. The second-order valence-corrected chi connectivity index (χ2v) is 7.19. The number of nitrogens with zero attached hydrogens (tertiary/aromatic N) is 5. The third kappa shape index (κ3) is 5.50. The second-order valence-electron chi connectivity index (χ2n) is 7.19. The number of aromatic nitrogens is 5. The molecule has 2 N–H and O–H groups in total. The third-order valence-electron chi connectivity index (χ3n) is 4.71. The fraction of sp³-hybridized carbons (Fsp3) is 0.136. The van der Waals surface area contributed by atoms with Gasteiger partial charge >= 0.3 is 6.18 Å². The van der Waals surface area contributed by atoms with E-state index in [-0.39, 0.29) is 12.1 Å². The van der Waals surface area contributed by atoms with Crippen LogP contribution in [0, 0.1) is 0 Å². The van der Waals surface area contributed by atoms with Gasteiger partial charge in [-0.05, 0) is 17.2 Å². The number of amides is 1. The molecule has 3 aromatic heterocycles. The fourth-order valence-corrected chi connectivity index (χ4v) is 3.00. The van der Waals surface area contributed by atoms with Crippen molar-refractivity contribution in [1.82, 2.24) is 24.5 Å². The highest BCUT2D eigenvalue weighted by molar-refractivity contribution is 5.92. The van der Waals surface area contributed by atoms with Gasteiger partial charge in [0.2, 0.25) is 11.9 Å². The number of hydrogen-bond donors (Lipinski definition) is 2.